The fraction of sp³-hybridized carbons (Fsp3) is 0.125. The topological polar surface area (TPSA) is 92.6 Å². The Hall–Kier alpha value is -3.06. The summed E-state index contributed by atoms with van der Waals surface area (Å²) in [5.74, 6) is -0.964. The maximum absolute atomic E-state index is 12.2. The lowest BCUT2D eigenvalue weighted by molar-refractivity contribution is -0.0806. The molecule has 2 heterocycles. The number of methoxy groups -OCH3 is 1. The lowest BCUT2D eigenvalue weighted by Crippen LogP contribution is -2.30. The van der Waals surface area contributed by atoms with Gasteiger partial charge >= 0.3 is 5.97 Å². The van der Waals surface area contributed by atoms with Crippen molar-refractivity contribution in [2.45, 2.75) is 6.61 Å². The van der Waals surface area contributed by atoms with Gasteiger partial charge in [-0.1, -0.05) is 24.3 Å². The van der Waals surface area contributed by atoms with Crippen LogP contribution in [0.2, 0.25) is 0 Å². The Labute approximate surface area is 131 Å². The molecule has 2 aromatic rings. The summed E-state index contributed by atoms with van der Waals surface area (Å²) in [6, 6.07) is 11.6. The zero-order valence-electron chi connectivity index (χ0n) is 12.3. The lowest BCUT2D eigenvalue weighted by atomic mass is 10.1. The predicted octanol–water partition coefficient (Wildman–Crippen LogP) is 1.78. The number of amides is 1. The van der Waals surface area contributed by atoms with Crippen LogP contribution in [0.25, 0.3) is 0 Å². The Bertz CT molecular complexity index is 768. The molecule has 7 heteroatoms. The number of hydrogen-bond donors (Lipinski definition) is 1. The molecule has 116 valence electrons. The highest BCUT2D eigenvalue weighted by Crippen LogP contribution is 2.23. The first-order valence-electron chi connectivity index (χ1n) is 6.81. The van der Waals surface area contributed by atoms with E-state index in [1.165, 1.54) is 13.2 Å². The molecule has 0 radical (unpaired) electrons. The number of aromatic nitrogens is 1. The maximum atomic E-state index is 12.2. The van der Waals surface area contributed by atoms with Crippen molar-refractivity contribution >= 4 is 17.7 Å². The van der Waals surface area contributed by atoms with Gasteiger partial charge in [0, 0.05) is 5.56 Å². The molecule has 1 aliphatic rings. The summed E-state index contributed by atoms with van der Waals surface area (Å²) >= 11 is 0. The van der Waals surface area contributed by atoms with E-state index >= 15 is 0 Å². The van der Waals surface area contributed by atoms with E-state index in [0.29, 0.717) is 16.8 Å². The van der Waals surface area contributed by atoms with Crippen LogP contribution >= 0.6 is 0 Å². The van der Waals surface area contributed by atoms with Crippen LogP contribution in [0.5, 0.6) is 0 Å². The van der Waals surface area contributed by atoms with Crippen LogP contribution in [0.3, 0.4) is 0 Å². The molecule has 7 nitrogen and oxygen atoms in total. The van der Waals surface area contributed by atoms with Crippen molar-refractivity contribution in [2.24, 2.45) is 0 Å². The molecule has 0 bridgehead atoms. The summed E-state index contributed by atoms with van der Waals surface area (Å²) in [6.45, 7) is -0.0487. The summed E-state index contributed by atoms with van der Waals surface area (Å²) in [4.78, 5) is 33.2. The lowest BCUT2D eigenvalue weighted by Gasteiger charge is -2.15. The third-order valence-corrected chi connectivity index (χ3v) is 3.34. The van der Waals surface area contributed by atoms with Crippen LogP contribution in [0, 0.1) is 5.41 Å². The van der Waals surface area contributed by atoms with E-state index in [1.807, 2.05) is 0 Å². The van der Waals surface area contributed by atoms with Gasteiger partial charge in [0.05, 0.1) is 18.4 Å². The largest absolute Gasteiger partial charge is 0.464 e. The van der Waals surface area contributed by atoms with E-state index in [9.17, 15) is 9.59 Å². The molecular weight excluding hydrogens is 298 g/mol. The second kappa shape index (κ2) is 5.98. The molecular formula is C16H13N3O4. The van der Waals surface area contributed by atoms with Gasteiger partial charge in [0.1, 0.15) is 12.3 Å². The van der Waals surface area contributed by atoms with E-state index in [1.54, 1.807) is 36.4 Å². The van der Waals surface area contributed by atoms with Gasteiger partial charge in [-0.3, -0.25) is 15.0 Å². The number of rotatable bonds is 4. The molecule has 0 spiro atoms. The first-order valence-corrected chi connectivity index (χ1v) is 6.81. The Kier molecular flexibility index (Phi) is 3.86. The predicted molar refractivity (Wildman–Crippen MR) is 79.8 cm³/mol. The van der Waals surface area contributed by atoms with E-state index in [0.717, 1.165) is 5.06 Å². The molecule has 0 saturated carbocycles. The number of carbonyl (C=O) groups is 2. The van der Waals surface area contributed by atoms with Crippen molar-refractivity contribution in [2.75, 3.05) is 7.11 Å². The third kappa shape index (κ3) is 2.69. The van der Waals surface area contributed by atoms with Gasteiger partial charge in [-0.25, -0.2) is 9.78 Å². The number of pyridine rings is 1. The van der Waals surface area contributed by atoms with Gasteiger partial charge in [0.25, 0.3) is 5.91 Å². The van der Waals surface area contributed by atoms with Crippen LogP contribution in [0.15, 0.2) is 42.5 Å². The molecule has 1 aromatic heterocycles. The fourth-order valence-corrected chi connectivity index (χ4v) is 2.23. The molecule has 0 atom stereocenters. The quantitative estimate of drug-likeness (QED) is 0.869. The molecule has 1 aliphatic heterocycles. The first-order chi connectivity index (χ1) is 11.1. The molecule has 0 fully saturated rings. The van der Waals surface area contributed by atoms with Crippen molar-refractivity contribution in [1.29, 1.82) is 5.41 Å². The zero-order chi connectivity index (χ0) is 16.4. The highest BCUT2D eigenvalue weighted by Gasteiger charge is 2.33. The molecule has 23 heavy (non-hydrogen) atoms. The smallest absolute Gasteiger partial charge is 0.356 e. The molecule has 0 unspecified atom stereocenters. The Morgan fingerprint density at radius 3 is 2.61 bits per heavy atom. The average Bonchev–Trinajstić information content (AvgIpc) is 2.84. The summed E-state index contributed by atoms with van der Waals surface area (Å²) in [5, 5.41) is 8.94. The second-order valence-corrected chi connectivity index (χ2v) is 4.77. The number of nitrogens with zero attached hydrogens (tertiary/aromatic N) is 2. The SMILES string of the molecule is COC(=O)c1cccc(CON2C(=N)c3ccccc3C2=O)n1. The number of benzene rings is 1. The standard InChI is InChI=1S/C16H13N3O4/c1-22-16(21)13-8-4-5-10(18-13)9-23-19-14(17)11-6-2-3-7-12(11)15(19)20/h2-8,17H,9H2,1H3. The average molecular weight is 311 g/mol. The number of carbonyl (C=O) groups excluding carboxylic acids is 2. The normalized spacial score (nSPS) is 13.2. The van der Waals surface area contributed by atoms with Gasteiger partial charge in [0.15, 0.2) is 5.84 Å². The van der Waals surface area contributed by atoms with Crippen molar-refractivity contribution in [1.82, 2.24) is 10.0 Å². The van der Waals surface area contributed by atoms with Gasteiger partial charge in [-0.15, -0.1) is 0 Å². The Balaban J connectivity index is 1.74. The van der Waals surface area contributed by atoms with E-state index in [-0.39, 0.29) is 18.1 Å². The highest BCUT2D eigenvalue weighted by atomic mass is 16.7. The number of amidine groups is 1. The number of esters is 1. The Morgan fingerprint density at radius 2 is 1.91 bits per heavy atom. The number of ether oxygens (including phenoxy) is 1. The maximum Gasteiger partial charge on any atom is 0.356 e. The molecule has 1 N–H and O–H groups in total. The molecule has 0 saturated heterocycles. The minimum Gasteiger partial charge on any atom is -0.464 e. The highest BCUT2D eigenvalue weighted by molar-refractivity contribution is 6.21. The molecule has 0 aliphatic carbocycles. The van der Waals surface area contributed by atoms with Crippen molar-refractivity contribution in [3.8, 4) is 0 Å². The molecule has 3 rings (SSSR count). The Morgan fingerprint density at radius 1 is 1.17 bits per heavy atom. The minimum absolute atomic E-state index is 0.0188. The van der Waals surface area contributed by atoms with E-state index in [4.69, 9.17) is 10.2 Å². The number of hydrogen-bond acceptors (Lipinski definition) is 6. The molecule has 1 amide bonds. The third-order valence-electron chi connectivity index (χ3n) is 3.34. The summed E-state index contributed by atoms with van der Waals surface area (Å²) in [5.41, 5.74) is 1.55. The van der Waals surface area contributed by atoms with Gasteiger partial charge < -0.3 is 4.74 Å². The van der Waals surface area contributed by atoms with E-state index in [2.05, 4.69) is 9.72 Å². The number of hydroxylamine groups is 2. The van der Waals surface area contributed by atoms with Crippen LogP contribution in [-0.4, -0.2) is 34.9 Å². The summed E-state index contributed by atoms with van der Waals surface area (Å²) in [6.07, 6.45) is 0. The van der Waals surface area contributed by atoms with Crippen molar-refractivity contribution < 1.29 is 19.2 Å². The number of fused-ring (bicyclic) bond motifs is 1. The summed E-state index contributed by atoms with van der Waals surface area (Å²) in [7, 11) is 1.27. The van der Waals surface area contributed by atoms with Crippen molar-refractivity contribution in [3.05, 3.63) is 65.0 Å². The van der Waals surface area contributed by atoms with Gasteiger partial charge in [0.2, 0.25) is 0 Å². The summed E-state index contributed by atoms with van der Waals surface area (Å²) < 4.78 is 4.60. The van der Waals surface area contributed by atoms with Crippen molar-refractivity contribution in [3.63, 3.8) is 0 Å². The molecule has 1 aromatic carbocycles. The fourth-order valence-electron chi connectivity index (χ4n) is 2.23. The monoisotopic (exact) mass is 311 g/mol. The van der Waals surface area contributed by atoms with E-state index < -0.39 is 11.9 Å². The van der Waals surface area contributed by atoms with Crippen LogP contribution in [-0.2, 0) is 16.2 Å². The zero-order valence-corrected chi connectivity index (χ0v) is 12.3. The van der Waals surface area contributed by atoms with Crippen LogP contribution < -0.4 is 0 Å². The number of nitrogens with one attached hydrogen (secondary N) is 1. The minimum atomic E-state index is -0.552. The van der Waals surface area contributed by atoms with Gasteiger partial charge in [-0.2, -0.15) is 5.06 Å². The van der Waals surface area contributed by atoms with Gasteiger partial charge in [-0.05, 0) is 18.2 Å². The first kappa shape index (κ1) is 14.9. The van der Waals surface area contributed by atoms with Crippen LogP contribution in [0.1, 0.15) is 32.1 Å². The van der Waals surface area contributed by atoms with Crippen LogP contribution in [0.4, 0.5) is 0 Å². The second-order valence-electron chi connectivity index (χ2n) is 4.77.